The van der Waals surface area contributed by atoms with Crippen molar-refractivity contribution in [2.45, 2.75) is 20.4 Å². The Morgan fingerprint density at radius 2 is 1.94 bits per heavy atom. The highest BCUT2D eigenvalue weighted by Gasteiger charge is 2.07. The number of amides is 1. The van der Waals surface area contributed by atoms with Crippen LogP contribution in [0.15, 0.2) is 24.3 Å². The van der Waals surface area contributed by atoms with Gasteiger partial charge in [-0.2, -0.15) is 0 Å². The number of hydrogen-bond donors (Lipinski definition) is 1. The van der Waals surface area contributed by atoms with Crippen molar-refractivity contribution in [2.75, 3.05) is 20.1 Å². The van der Waals surface area contributed by atoms with Crippen LogP contribution in [0.3, 0.4) is 0 Å². The fraction of sp³-hybridized carbons (Fsp3) is 0.462. The third kappa shape index (κ3) is 4.03. The van der Waals surface area contributed by atoms with Crippen molar-refractivity contribution >= 4 is 5.91 Å². The number of nitrogens with zero attached hydrogens (tertiary/aromatic N) is 1. The fourth-order valence-corrected chi connectivity index (χ4v) is 1.42. The second kappa shape index (κ2) is 6.28. The number of nitrogens with one attached hydrogen (secondary N) is 1. The lowest BCUT2D eigenvalue weighted by atomic mass is 10.1. The topological polar surface area (TPSA) is 32.3 Å². The van der Waals surface area contributed by atoms with Crippen LogP contribution in [-0.4, -0.2) is 30.9 Å². The zero-order valence-corrected chi connectivity index (χ0v) is 10.3. The summed E-state index contributed by atoms with van der Waals surface area (Å²) in [5, 5.41) is 3.03. The van der Waals surface area contributed by atoms with Gasteiger partial charge in [0.1, 0.15) is 0 Å². The van der Waals surface area contributed by atoms with Crippen LogP contribution in [0.1, 0.15) is 18.1 Å². The van der Waals surface area contributed by atoms with Crippen LogP contribution in [-0.2, 0) is 11.3 Å². The van der Waals surface area contributed by atoms with Gasteiger partial charge in [0, 0.05) is 13.6 Å². The molecule has 0 fully saturated rings. The molecule has 16 heavy (non-hydrogen) atoms. The Balaban J connectivity index is 2.47. The molecule has 1 N–H and O–H groups in total. The second-order valence-corrected chi connectivity index (χ2v) is 4.02. The summed E-state index contributed by atoms with van der Waals surface area (Å²) < 4.78 is 0. The Morgan fingerprint density at radius 1 is 1.31 bits per heavy atom. The summed E-state index contributed by atoms with van der Waals surface area (Å²) in [5.74, 6) is 0.127. The van der Waals surface area contributed by atoms with Crippen LogP contribution >= 0.6 is 0 Å². The average Bonchev–Trinajstić information content (AvgIpc) is 2.29. The first-order valence-corrected chi connectivity index (χ1v) is 5.63. The number of likely N-dealkylation sites (N-methyl/N-ethyl adjacent to an activating group) is 2. The molecule has 3 heteroatoms. The first kappa shape index (κ1) is 12.7. The van der Waals surface area contributed by atoms with Gasteiger partial charge in [0.05, 0.1) is 6.54 Å². The summed E-state index contributed by atoms with van der Waals surface area (Å²) in [6.45, 7) is 5.96. The summed E-state index contributed by atoms with van der Waals surface area (Å²) in [5.41, 5.74) is 2.41. The molecule has 0 bridgehead atoms. The van der Waals surface area contributed by atoms with E-state index in [9.17, 15) is 4.79 Å². The quantitative estimate of drug-likeness (QED) is 0.817. The molecule has 0 aliphatic carbocycles. The van der Waals surface area contributed by atoms with Crippen molar-refractivity contribution in [1.82, 2.24) is 10.2 Å². The molecule has 0 heterocycles. The van der Waals surface area contributed by atoms with Crippen molar-refractivity contribution in [1.29, 1.82) is 0 Å². The van der Waals surface area contributed by atoms with Crippen LogP contribution in [0.5, 0.6) is 0 Å². The molecule has 1 aromatic carbocycles. The molecular weight excluding hydrogens is 200 g/mol. The highest BCUT2D eigenvalue weighted by atomic mass is 16.2. The first-order chi connectivity index (χ1) is 7.63. The normalized spacial score (nSPS) is 10.2. The molecule has 0 aliphatic heterocycles. The van der Waals surface area contributed by atoms with Gasteiger partial charge in [0.25, 0.3) is 0 Å². The molecule has 0 saturated carbocycles. The standard InChI is InChI=1S/C13H20N2O/c1-4-14-9-13(16)15(3)10-12-7-5-11(2)6-8-12/h5-8,14H,4,9-10H2,1-3H3. The van der Waals surface area contributed by atoms with E-state index in [2.05, 4.69) is 36.5 Å². The minimum atomic E-state index is 0.127. The van der Waals surface area contributed by atoms with Gasteiger partial charge in [-0.25, -0.2) is 0 Å². The van der Waals surface area contributed by atoms with Gasteiger partial charge in [-0.15, -0.1) is 0 Å². The van der Waals surface area contributed by atoms with Crippen LogP contribution in [0.4, 0.5) is 0 Å². The SMILES string of the molecule is CCNCC(=O)N(C)Cc1ccc(C)cc1. The van der Waals surface area contributed by atoms with Gasteiger partial charge < -0.3 is 10.2 Å². The number of carbonyl (C=O) groups is 1. The van der Waals surface area contributed by atoms with E-state index in [1.165, 1.54) is 5.56 Å². The van der Waals surface area contributed by atoms with Gasteiger partial charge >= 0.3 is 0 Å². The Hall–Kier alpha value is -1.35. The van der Waals surface area contributed by atoms with E-state index < -0.39 is 0 Å². The highest BCUT2D eigenvalue weighted by molar-refractivity contribution is 5.77. The van der Waals surface area contributed by atoms with Gasteiger partial charge in [0.2, 0.25) is 5.91 Å². The van der Waals surface area contributed by atoms with E-state index in [-0.39, 0.29) is 5.91 Å². The number of benzene rings is 1. The van der Waals surface area contributed by atoms with Crippen LogP contribution in [0.2, 0.25) is 0 Å². The lowest BCUT2D eigenvalue weighted by molar-refractivity contribution is -0.129. The summed E-state index contributed by atoms with van der Waals surface area (Å²) in [4.78, 5) is 13.4. The smallest absolute Gasteiger partial charge is 0.236 e. The number of hydrogen-bond acceptors (Lipinski definition) is 2. The predicted octanol–water partition coefficient (Wildman–Crippen LogP) is 1.56. The Kier molecular flexibility index (Phi) is 4.99. The summed E-state index contributed by atoms with van der Waals surface area (Å²) in [6.07, 6.45) is 0. The maximum atomic E-state index is 11.6. The Labute approximate surface area is 97.5 Å². The number of rotatable bonds is 5. The maximum Gasteiger partial charge on any atom is 0.236 e. The van der Waals surface area contributed by atoms with E-state index in [1.54, 1.807) is 4.90 Å². The lowest BCUT2D eigenvalue weighted by Crippen LogP contribution is -2.35. The monoisotopic (exact) mass is 220 g/mol. The predicted molar refractivity (Wildman–Crippen MR) is 66.2 cm³/mol. The Bertz CT molecular complexity index is 332. The van der Waals surface area contributed by atoms with Gasteiger partial charge in [-0.1, -0.05) is 36.8 Å². The van der Waals surface area contributed by atoms with Gasteiger partial charge in [0.15, 0.2) is 0 Å². The molecule has 1 amide bonds. The summed E-state index contributed by atoms with van der Waals surface area (Å²) >= 11 is 0. The highest BCUT2D eigenvalue weighted by Crippen LogP contribution is 2.05. The van der Waals surface area contributed by atoms with Crippen molar-refractivity contribution in [2.24, 2.45) is 0 Å². The molecule has 1 aromatic rings. The molecule has 0 spiro atoms. The molecule has 0 atom stereocenters. The van der Waals surface area contributed by atoms with Gasteiger partial charge in [-0.05, 0) is 19.0 Å². The van der Waals surface area contributed by atoms with Crippen molar-refractivity contribution in [3.63, 3.8) is 0 Å². The van der Waals surface area contributed by atoms with E-state index >= 15 is 0 Å². The minimum Gasteiger partial charge on any atom is -0.340 e. The third-order valence-electron chi connectivity index (χ3n) is 2.49. The van der Waals surface area contributed by atoms with Crippen LogP contribution in [0.25, 0.3) is 0 Å². The molecule has 0 unspecified atom stereocenters. The molecule has 0 saturated heterocycles. The van der Waals surface area contributed by atoms with E-state index in [1.807, 2.05) is 14.0 Å². The average molecular weight is 220 g/mol. The maximum absolute atomic E-state index is 11.6. The van der Waals surface area contributed by atoms with Crippen molar-refractivity contribution < 1.29 is 4.79 Å². The summed E-state index contributed by atoms with van der Waals surface area (Å²) in [7, 11) is 1.83. The van der Waals surface area contributed by atoms with Crippen molar-refractivity contribution in [3.05, 3.63) is 35.4 Å². The molecule has 0 aromatic heterocycles. The van der Waals surface area contributed by atoms with Gasteiger partial charge in [-0.3, -0.25) is 4.79 Å². The third-order valence-corrected chi connectivity index (χ3v) is 2.49. The molecule has 0 aliphatic rings. The first-order valence-electron chi connectivity index (χ1n) is 5.63. The Morgan fingerprint density at radius 3 is 2.50 bits per heavy atom. The number of carbonyl (C=O) groups excluding carboxylic acids is 1. The van der Waals surface area contributed by atoms with Crippen molar-refractivity contribution in [3.8, 4) is 0 Å². The summed E-state index contributed by atoms with van der Waals surface area (Å²) in [6, 6.07) is 8.26. The minimum absolute atomic E-state index is 0.127. The van der Waals surface area contributed by atoms with E-state index in [4.69, 9.17) is 0 Å². The lowest BCUT2D eigenvalue weighted by Gasteiger charge is -2.17. The fourth-order valence-electron chi connectivity index (χ4n) is 1.42. The van der Waals surface area contributed by atoms with Crippen LogP contribution in [0, 0.1) is 6.92 Å². The zero-order valence-electron chi connectivity index (χ0n) is 10.3. The molecule has 1 rings (SSSR count). The zero-order chi connectivity index (χ0) is 12.0. The number of aryl methyl sites for hydroxylation is 1. The molecule has 3 nitrogen and oxygen atoms in total. The van der Waals surface area contributed by atoms with E-state index in [0.717, 1.165) is 12.1 Å². The molecule has 0 radical (unpaired) electrons. The molecule has 88 valence electrons. The van der Waals surface area contributed by atoms with Crippen LogP contribution < -0.4 is 5.32 Å². The molecular formula is C13H20N2O. The second-order valence-electron chi connectivity index (χ2n) is 4.02. The largest absolute Gasteiger partial charge is 0.340 e. The van der Waals surface area contributed by atoms with E-state index in [0.29, 0.717) is 13.1 Å².